The van der Waals surface area contributed by atoms with Gasteiger partial charge in [-0.15, -0.1) is 5.10 Å². The predicted octanol–water partition coefficient (Wildman–Crippen LogP) is 2.92. The Bertz CT molecular complexity index is 573. The van der Waals surface area contributed by atoms with Gasteiger partial charge in [-0.3, -0.25) is 4.68 Å². The first kappa shape index (κ1) is 15.5. The Labute approximate surface area is 121 Å². The van der Waals surface area contributed by atoms with Gasteiger partial charge in [-0.2, -0.15) is 13.2 Å². The fourth-order valence-corrected chi connectivity index (χ4v) is 1.92. The van der Waals surface area contributed by atoms with Crippen molar-refractivity contribution >= 4 is 0 Å². The molecular weight excluding hydrogens is 281 g/mol. The van der Waals surface area contributed by atoms with E-state index in [0.717, 1.165) is 31.6 Å². The van der Waals surface area contributed by atoms with Crippen LogP contribution in [0, 0.1) is 0 Å². The van der Waals surface area contributed by atoms with E-state index in [0.29, 0.717) is 11.3 Å². The number of nitrogens with zero attached hydrogens (tertiary/aromatic N) is 4. The van der Waals surface area contributed by atoms with Crippen LogP contribution in [0.3, 0.4) is 0 Å². The Morgan fingerprint density at radius 1 is 1.14 bits per heavy atom. The molecule has 0 saturated carbocycles. The fraction of sp³-hybridized carbons (Fsp3) is 0.429. The van der Waals surface area contributed by atoms with Crippen LogP contribution in [0.2, 0.25) is 0 Å². The number of halogens is 3. The van der Waals surface area contributed by atoms with Crippen LogP contribution in [0.25, 0.3) is 11.3 Å². The summed E-state index contributed by atoms with van der Waals surface area (Å²) in [5.74, 6) is 0. The maximum Gasteiger partial charge on any atom is 0.416 e. The summed E-state index contributed by atoms with van der Waals surface area (Å²) in [4.78, 5) is 2.08. The highest BCUT2D eigenvalue weighted by Gasteiger charge is 2.30. The van der Waals surface area contributed by atoms with Crippen molar-refractivity contribution < 1.29 is 13.2 Å². The maximum atomic E-state index is 12.5. The summed E-state index contributed by atoms with van der Waals surface area (Å²) in [6, 6.07) is 4.94. The van der Waals surface area contributed by atoms with Gasteiger partial charge in [0.05, 0.1) is 11.8 Å². The molecule has 0 fully saturated rings. The van der Waals surface area contributed by atoms with E-state index in [1.165, 1.54) is 12.1 Å². The van der Waals surface area contributed by atoms with Crippen molar-refractivity contribution in [3.05, 3.63) is 36.0 Å². The Balaban J connectivity index is 2.04. The van der Waals surface area contributed by atoms with E-state index in [2.05, 4.69) is 15.2 Å². The Kier molecular flexibility index (Phi) is 4.62. The summed E-state index contributed by atoms with van der Waals surface area (Å²) in [7, 11) is 3.99. The SMILES string of the molecule is CN(C)CCCn1cc(-c2ccc(C(F)(F)F)cc2)nn1. The van der Waals surface area contributed by atoms with Crippen LogP contribution in [-0.4, -0.2) is 40.5 Å². The predicted molar refractivity (Wildman–Crippen MR) is 73.6 cm³/mol. The van der Waals surface area contributed by atoms with Crippen molar-refractivity contribution in [2.24, 2.45) is 0 Å². The van der Waals surface area contributed by atoms with Gasteiger partial charge in [0.25, 0.3) is 0 Å². The molecular formula is C14H17F3N4. The molecule has 1 aromatic carbocycles. The van der Waals surface area contributed by atoms with Gasteiger partial charge in [0.1, 0.15) is 5.69 Å². The number of alkyl halides is 3. The molecule has 0 aliphatic rings. The molecule has 21 heavy (non-hydrogen) atoms. The summed E-state index contributed by atoms with van der Waals surface area (Å²) in [6.07, 6.45) is -1.64. The number of aryl methyl sites for hydroxylation is 1. The minimum absolute atomic E-state index is 0.577. The molecule has 0 amide bonds. The van der Waals surface area contributed by atoms with E-state index < -0.39 is 11.7 Å². The summed E-state index contributed by atoms with van der Waals surface area (Å²) >= 11 is 0. The van der Waals surface area contributed by atoms with Gasteiger partial charge in [-0.05, 0) is 39.2 Å². The van der Waals surface area contributed by atoms with Crippen molar-refractivity contribution in [2.75, 3.05) is 20.6 Å². The lowest BCUT2D eigenvalue weighted by Gasteiger charge is -2.08. The first-order valence-corrected chi connectivity index (χ1v) is 6.59. The lowest BCUT2D eigenvalue weighted by Crippen LogP contribution is -2.15. The van der Waals surface area contributed by atoms with E-state index >= 15 is 0 Å². The van der Waals surface area contributed by atoms with Gasteiger partial charge in [-0.1, -0.05) is 17.3 Å². The zero-order valence-corrected chi connectivity index (χ0v) is 11.9. The van der Waals surface area contributed by atoms with Gasteiger partial charge in [0.15, 0.2) is 0 Å². The molecule has 0 atom stereocenters. The Morgan fingerprint density at radius 3 is 2.38 bits per heavy atom. The van der Waals surface area contributed by atoms with Crippen molar-refractivity contribution in [1.29, 1.82) is 0 Å². The van der Waals surface area contributed by atoms with Crippen LogP contribution < -0.4 is 0 Å². The average molecular weight is 298 g/mol. The standard InChI is InChI=1S/C14H17F3N4/c1-20(2)8-3-9-21-10-13(18-19-21)11-4-6-12(7-5-11)14(15,16)17/h4-7,10H,3,8-9H2,1-2H3. The van der Waals surface area contributed by atoms with Crippen molar-refractivity contribution in [3.63, 3.8) is 0 Å². The fourth-order valence-electron chi connectivity index (χ4n) is 1.92. The third-order valence-corrected chi connectivity index (χ3v) is 3.04. The third-order valence-electron chi connectivity index (χ3n) is 3.04. The van der Waals surface area contributed by atoms with Crippen molar-refractivity contribution in [3.8, 4) is 11.3 Å². The minimum atomic E-state index is -4.32. The lowest BCUT2D eigenvalue weighted by molar-refractivity contribution is -0.137. The number of aromatic nitrogens is 3. The molecule has 2 rings (SSSR count). The van der Waals surface area contributed by atoms with E-state index in [9.17, 15) is 13.2 Å². The molecule has 0 aliphatic heterocycles. The highest BCUT2D eigenvalue weighted by molar-refractivity contribution is 5.58. The molecule has 2 aromatic rings. The Morgan fingerprint density at radius 2 is 1.81 bits per heavy atom. The van der Waals surface area contributed by atoms with Gasteiger partial charge in [0.2, 0.25) is 0 Å². The third kappa shape index (κ3) is 4.29. The summed E-state index contributed by atoms with van der Waals surface area (Å²) in [6.45, 7) is 1.67. The molecule has 1 heterocycles. The molecule has 0 radical (unpaired) electrons. The van der Waals surface area contributed by atoms with Crippen LogP contribution in [0.1, 0.15) is 12.0 Å². The van der Waals surface area contributed by atoms with Crippen LogP contribution >= 0.6 is 0 Å². The smallest absolute Gasteiger partial charge is 0.309 e. The summed E-state index contributed by atoms with van der Waals surface area (Å²) in [5.41, 5.74) is 0.542. The van der Waals surface area contributed by atoms with Crippen LogP contribution in [0.5, 0.6) is 0 Å². The molecule has 0 spiro atoms. The minimum Gasteiger partial charge on any atom is -0.309 e. The van der Waals surface area contributed by atoms with E-state index in [-0.39, 0.29) is 0 Å². The van der Waals surface area contributed by atoms with Gasteiger partial charge in [-0.25, -0.2) is 0 Å². The van der Waals surface area contributed by atoms with E-state index in [4.69, 9.17) is 0 Å². The number of hydrogen-bond donors (Lipinski definition) is 0. The summed E-state index contributed by atoms with van der Waals surface area (Å²) in [5, 5.41) is 7.98. The van der Waals surface area contributed by atoms with Gasteiger partial charge in [0, 0.05) is 12.1 Å². The zero-order chi connectivity index (χ0) is 15.5. The van der Waals surface area contributed by atoms with Crippen LogP contribution in [0.4, 0.5) is 13.2 Å². The second-order valence-electron chi connectivity index (χ2n) is 5.10. The normalized spacial score (nSPS) is 12.1. The molecule has 4 nitrogen and oxygen atoms in total. The van der Waals surface area contributed by atoms with Crippen molar-refractivity contribution in [2.45, 2.75) is 19.1 Å². The van der Waals surface area contributed by atoms with Crippen molar-refractivity contribution in [1.82, 2.24) is 19.9 Å². The molecule has 0 saturated heterocycles. The second-order valence-corrected chi connectivity index (χ2v) is 5.10. The van der Waals surface area contributed by atoms with Gasteiger partial charge >= 0.3 is 6.18 Å². The van der Waals surface area contributed by atoms with E-state index in [1.807, 2.05) is 14.1 Å². The van der Waals surface area contributed by atoms with E-state index in [1.54, 1.807) is 10.9 Å². The largest absolute Gasteiger partial charge is 0.416 e. The summed E-state index contributed by atoms with van der Waals surface area (Å²) < 4.78 is 39.2. The maximum absolute atomic E-state index is 12.5. The monoisotopic (exact) mass is 298 g/mol. The Hall–Kier alpha value is -1.89. The second kappa shape index (κ2) is 6.26. The first-order chi connectivity index (χ1) is 9.86. The molecule has 0 N–H and O–H groups in total. The lowest BCUT2D eigenvalue weighted by atomic mass is 10.1. The number of hydrogen-bond acceptors (Lipinski definition) is 3. The molecule has 114 valence electrons. The number of rotatable bonds is 5. The quantitative estimate of drug-likeness (QED) is 0.851. The molecule has 1 aromatic heterocycles. The topological polar surface area (TPSA) is 34.0 Å². The molecule has 0 bridgehead atoms. The number of benzene rings is 1. The highest BCUT2D eigenvalue weighted by atomic mass is 19.4. The molecule has 0 unspecified atom stereocenters. The first-order valence-electron chi connectivity index (χ1n) is 6.59. The average Bonchev–Trinajstić information content (AvgIpc) is 2.86. The molecule has 7 heteroatoms. The van der Waals surface area contributed by atoms with Crippen LogP contribution in [-0.2, 0) is 12.7 Å². The molecule has 0 aliphatic carbocycles. The van der Waals surface area contributed by atoms with Crippen LogP contribution in [0.15, 0.2) is 30.5 Å². The highest BCUT2D eigenvalue weighted by Crippen LogP contribution is 2.30. The zero-order valence-electron chi connectivity index (χ0n) is 11.9. The van der Waals surface area contributed by atoms with Gasteiger partial charge < -0.3 is 4.90 Å².